The molecule has 0 saturated carbocycles. The summed E-state index contributed by atoms with van der Waals surface area (Å²) in [7, 11) is 5.37. The molecule has 8 heteroatoms. The van der Waals surface area contributed by atoms with Crippen LogP contribution in [0.5, 0.6) is 0 Å². The summed E-state index contributed by atoms with van der Waals surface area (Å²) in [6.45, 7) is 4.44. The quantitative estimate of drug-likeness (QED) is 0.0327. The highest BCUT2D eigenvalue weighted by Crippen LogP contribution is 2.12. The molecule has 0 rings (SSSR count). The molecule has 2 unspecified atom stereocenters. The third-order valence-corrected chi connectivity index (χ3v) is 7.73. The number of rotatable bonds is 31. The number of hydrogen-bond donors (Lipinski definition) is 0. The Bertz CT molecular complexity index is 917. The molecule has 270 valence electrons. The van der Waals surface area contributed by atoms with Crippen molar-refractivity contribution in [2.45, 2.75) is 142 Å². The van der Waals surface area contributed by atoms with Crippen LogP contribution in [0, 0.1) is 0 Å². The second-order valence-corrected chi connectivity index (χ2v) is 13.1. The van der Waals surface area contributed by atoms with Gasteiger partial charge in [-0.1, -0.05) is 107 Å². The van der Waals surface area contributed by atoms with E-state index < -0.39 is 18.1 Å². The van der Waals surface area contributed by atoms with Gasteiger partial charge in [-0.2, -0.15) is 0 Å². The number of likely N-dealkylation sites (N-methyl/N-ethyl adjacent to an activating group) is 1. The topological polar surface area (TPSA) is 102 Å². The first-order valence-electron chi connectivity index (χ1n) is 18.2. The SMILES string of the molecule is CC/C=C/C/C=C/C/C=C/C/C=C/CCCCCC(=O)OC(COCCC(C(=O)[O-])[N+](C)(C)C)COC(=O)CCCCCCCCC. The Balaban J connectivity index is 4.48. The van der Waals surface area contributed by atoms with Gasteiger partial charge in [-0.05, 0) is 51.4 Å². The fraction of sp³-hybridized carbons (Fsp3) is 0.718. The Morgan fingerprint density at radius 2 is 1.19 bits per heavy atom. The Morgan fingerprint density at radius 1 is 0.660 bits per heavy atom. The summed E-state index contributed by atoms with van der Waals surface area (Å²) in [5.41, 5.74) is 0. The molecular weight excluding hydrogens is 594 g/mol. The lowest BCUT2D eigenvalue weighted by Gasteiger charge is -2.34. The Morgan fingerprint density at radius 3 is 1.77 bits per heavy atom. The van der Waals surface area contributed by atoms with E-state index in [-0.39, 0.29) is 49.1 Å². The fourth-order valence-corrected chi connectivity index (χ4v) is 4.88. The largest absolute Gasteiger partial charge is 0.544 e. The zero-order valence-corrected chi connectivity index (χ0v) is 30.4. The molecule has 0 heterocycles. The molecule has 2 atom stereocenters. The smallest absolute Gasteiger partial charge is 0.306 e. The second-order valence-electron chi connectivity index (χ2n) is 13.1. The first-order chi connectivity index (χ1) is 22.6. The molecular formula is C39H67NO7. The molecule has 0 fully saturated rings. The summed E-state index contributed by atoms with van der Waals surface area (Å²) in [4.78, 5) is 36.4. The summed E-state index contributed by atoms with van der Waals surface area (Å²) >= 11 is 0. The van der Waals surface area contributed by atoms with E-state index >= 15 is 0 Å². The minimum Gasteiger partial charge on any atom is -0.544 e. The van der Waals surface area contributed by atoms with E-state index in [1.54, 1.807) is 21.1 Å². The van der Waals surface area contributed by atoms with Gasteiger partial charge in [0.05, 0.1) is 40.3 Å². The molecule has 0 aliphatic rings. The van der Waals surface area contributed by atoms with Gasteiger partial charge >= 0.3 is 11.9 Å². The summed E-state index contributed by atoms with van der Waals surface area (Å²) in [5, 5.41) is 11.5. The maximum atomic E-state index is 12.6. The highest BCUT2D eigenvalue weighted by Gasteiger charge is 2.25. The highest BCUT2D eigenvalue weighted by atomic mass is 16.6. The van der Waals surface area contributed by atoms with E-state index in [1.165, 1.54) is 25.7 Å². The van der Waals surface area contributed by atoms with Gasteiger partial charge in [0.1, 0.15) is 12.6 Å². The van der Waals surface area contributed by atoms with E-state index in [1.807, 2.05) is 0 Å². The number of unbranched alkanes of at least 4 members (excludes halogenated alkanes) is 9. The zero-order chi connectivity index (χ0) is 35.0. The van der Waals surface area contributed by atoms with E-state index in [2.05, 4.69) is 62.5 Å². The average Bonchev–Trinajstić information content (AvgIpc) is 3.01. The fourth-order valence-electron chi connectivity index (χ4n) is 4.88. The molecule has 0 bridgehead atoms. The number of aliphatic carboxylic acids is 1. The first-order valence-corrected chi connectivity index (χ1v) is 18.2. The van der Waals surface area contributed by atoms with Crippen molar-refractivity contribution in [1.82, 2.24) is 0 Å². The maximum Gasteiger partial charge on any atom is 0.306 e. The lowest BCUT2D eigenvalue weighted by Crippen LogP contribution is -2.55. The van der Waals surface area contributed by atoms with E-state index in [0.717, 1.165) is 70.6 Å². The van der Waals surface area contributed by atoms with Crippen LogP contribution in [0.2, 0.25) is 0 Å². The Kier molecular flexibility index (Phi) is 28.8. The van der Waals surface area contributed by atoms with Gasteiger partial charge in [0.2, 0.25) is 0 Å². The summed E-state index contributed by atoms with van der Waals surface area (Å²) in [6, 6.07) is -0.729. The van der Waals surface area contributed by atoms with Crippen molar-refractivity contribution in [3.05, 3.63) is 48.6 Å². The summed E-state index contributed by atoms with van der Waals surface area (Å²) in [6.07, 6.45) is 32.9. The van der Waals surface area contributed by atoms with Gasteiger partial charge < -0.3 is 28.6 Å². The predicted octanol–water partition coefficient (Wildman–Crippen LogP) is 7.57. The van der Waals surface area contributed by atoms with Crippen LogP contribution in [0.4, 0.5) is 0 Å². The molecule has 47 heavy (non-hydrogen) atoms. The number of ether oxygens (including phenoxy) is 3. The molecule has 0 aromatic rings. The Hall–Kier alpha value is -2.71. The molecule has 0 saturated heterocycles. The summed E-state index contributed by atoms with van der Waals surface area (Å²) < 4.78 is 17.0. The van der Waals surface area contributed by atoms with E-state index in [0.29, 0.717) is 6.42 Å². The van der Waals surface area contributed by atoms with Crippen LogP contribution in [0.1, 0.15) is 129 Å². The van der Waals surface area contributed by atoms with Crippen molar-refractivity contribution >= 4 is 17.9 Å². The van der Waals surface area contributed by atoms with Crippen LogP contribution in [0.3, 0.4) is 0 Å². The lowest BCUT2D eigenvalue weighted by molar-refractivity contribution is -0.889. The van der Waals surface area contributed by atoms with Crippen LogP contribution in [-0.4, -0.2) is 75.5 Å². The molecule has 0 spiro atoms. The Labute approximate surface area is 286 Å². The van der Waals surface area contributed by atoms with Gasteiger partial charge in [0, 0.05) is 19.3 Å². The molecule has 0 aliphatic carbocycles. The van der Waals surface area contributed by atoms with Gasteiger partial charge in [0.25, 0.3) is 0 Å². The molecule has 0 radical (unpaired) electrons. The van der Waals surface area contributed by atoms with Crippen molar-refractivity contribution in [3.8, 4) is 0 Å². The molecule has 0 aromatic heterocycles. The number of carboxylic acids is 1. The highest BCUT2D eigenvalue weighted by molar-refractivity contribution is 5.70. The van der Waals surface area contributed by atoms with Crippen molar-refractivity contribution in [2.75, 3.05) is 41.0 Å². The van der Waals surface area contributed by atoms with Crippen molar-refractivity contribution in [1.29, 1.82) is 0 Å². The first kappa shape index (κ1) is 44.3. The maximum absolute atomic E-state index is 12.6. The molecule has 0 aromatic carbocycles. The van der Waals surface area contributed by atoms with Gasteiger partial charge in [-0.25, -0.2) is 0 Å². The number of allylic oxidation sites excluding steroid dienone is 8. The van der Waals surface area contributed by atoms with Crippen LogP contribution < -0.4 is 5.11 Å². The number of hydrogen-bond acceptors (Lipinski definition) is 7. The van der Waals surface area contributed by atoms with Crippen molar-refractivity contribution in [3.63, 3.8) is 0 Å². The normalized spacial score (nSPS) is 13.6. The number of carbonyl (C=O) groups is 3. The molecule has 0 N–H and O–H groups in total. The van der Waals surface area contributed by atoms with Crippen LogP contribution in [-0.2, 0) is 28.6 Å². The number of quaternary nitrogens is 1. The third kappa shape index (κ3) is 29.2. The van der Waals surface area contributed by atoms with Crippen molar-refractivity contribution < 1.29 is 38.2 Å². The van der Waals surface area contributed by atoms with Crippen LogP contribution in [0.15, 0.2) is 48.6 Å². The number of esters is 2. The number of nitrogens with zero attached hydrogens (tertiary/aromatic N) is 1. The van der Waals surface area contributed by atoms with Crippen LogP contribution in [0.25, 0.3) is 0 Å². The van der Waals surface area contributed by atoms with Gasteiger partial charge in [0.15, 0.2) is 6.10 Å². The predicted molar refractivity (Wildman–Crippen MR) is 189 cm³/mol. The summed E-state index contributed by atoms with van der Waals surface area (Å²) in [5.74, 6) is -1.79. The standard InChI is InChI=1S/C39H67NO7/c1-6-8-10-12-14-15-16-17-18-19-20-21-22-24-26-28-30-38(42)47-35(33-45-32-31-36(39(43)44)40(3,4)5)34-46-37(41)29-27-25-23-13-11-9-7-2/h8,10,14-15,17-18,20-21,35-36H,6-7,9,11-13,16,19,22-34H2,1-5H3/b10-8+,15-14+,18-17+,21-20+. The zero-order valence-electron chi connectivity index (χ0n) is 30.4. The minimum atomic E-state index is -1.13. The van der Waals surface area contributed by atoms with E-state index in [4.69, 9.17) is 14.2 Å². The minimum absolute atomic E-state index is 0.0270. The third-order valence-electron chi connectivity index (χ3n) is 7.73. The molecule has 0 aliphatic heterocycles. The average molecular weight is 662 g/mol. The molecule has 8 nitrogen and oxygen atoms in total. The van der Waals surface area contributed by atoms with Gasteiger partial charge in [-0.3, -0.25) is 9.59 Å². The van der Waals surface area contributed by atoms with Crippen LogP contribution >= 0.6 is 0 Å². The van der Waals surface area contributed by atoms with Gasteiger partial charge in [-0.15, -0.1) is 0 Å². The number of carboxylic acid groups (broad SMARTS) is 1. The number of carbonyl (C=O) groups excluding carboxylic acids is 3. The monoisotopic (exact) mass is 661 g/mol. The lowest BCUT2D eigenvalue weighted by atomic mass is 10.1. The molecule has 0 amide bonds. The van der Waals surface area contributed by atoms with Crippen molar-refractivity contribution in [2.24, 2.45) is 0 Å². The second kappa shape index (κ2) is 30.6. The van der Waals surface area contributed by atoms with E-state index in [9.17, 15) is 19.5 Å².